The second-order valence-electron chi connectivity index (χ2n) is 5.83. The molecule has 2 N–H and O–H groups in total. The highest BCUT2D eigenvalue weighted by Crippen LogP contribution is 2.44. The highest BCUT2D eigenvalue weighted by Gasteiger charge is 2.52. The first-order valence-electron chi connectivity index (χ1n) is 7.06. The molecule has 0 aromatic heterocycles. The number of anilines is 1. The lowest BCUT2D eigenvalue weighted by molar-refractivity contribution is -0.168. The molecule has 0 radical (unpaired) electrons. The summed E-state index contributed by atoms with van der Waals surface area (Å²) in [5.41, 5.74) is 0.850. The van der Waals surface area contributed by atoms with Crippen LogP contribution in [-0.2, 0) is 10.5 Å². The molecule has 0 bridgehead atoms. The molecule has 1 aromatic rings. The summed E-state index contributed by atoms with van der Waals surface area (Å²) in [6.07, 6.45) is 3.18. The molecule has 1 saturated heterocycles. The van der Waals surface area contributed by atoms with Crippen molar-refractivity contribution in [1.29, 1.82) is 0 Å². The zero-order chi connectivity index (χ0) is 14.5. The summed E-state index contributed by atoms with van der Waals surface area (Å²) in [5, 5.41) is 14.0. The van der Waals surface area contributed by atoms with Crippen LogP contribution in [0.4, 0.5) is 5.69 Å². The maximum atomic E-state index is 12.4. The minimum absolute atomic E-state index is 0.199. The number of hydrogen-bond acceptors (Lipinski definition) is 3. The molecule has 2 aliphatic heterocycles. The van der Waals surface area contributed by atoms with Gasteiger partial charge < -0.3 is 10.4 Å². The van der Waals surface area contributed by atoms with Crippen LogP contribution in [0.15, 0.2) is 16.6 Å². The van der Waals surface area contributed by atoms with E-state index in [0.717, 1.165) is 35.8 Å². The fraction of sp³-hybridized carbons (Fsp3) is 0.533. The number of nitrogens with one attached hydrogen (secondary N) is 1. The van der Waals surface area contributed by atoms with Crippen LogP contribution >= 0.6 is 15.9 Å². The van der Waals surface area contributed by atoms with Crippen molar-refractivity contribution in [2.24, 2.45) is 0 Å². The number of likely N-dealkylation sites (tertiary alicyclic amines) is 1. The molecule has 0 spiro atoms. The van der Waals surface area contributed by atoms with Gasteiger partial charge in [0.2, 0.25) is 5.72 Å². The van der Waals surface area contributed by atoms with Gasteiger partial charge in [-0.25, -0.2) is 0 Å². The quantitative estimate of drug-likeness (QED) is 0.827. The Hall–Kier alpha value is -0.910. The van der Waals surface area contributed by atoms with Gasteiger partial charge in [0, 0.05) is 22.6 Å². The Morgan fingerprint density at radius 2 is 2.20 bits per heavy atom. The summed E-state index contributed by atoms with van der Waals surface area (Å²) < 4.78 is 0.821. The smallest absolute Gasteiger partial charge is 0.277 e. The van der Waals surface area contributed by atoms with Gasteiger partial charge in [0.1, 0.15) is 0 Å². The van der Waals surface area contributed by atoms with Gasteiger partial charge in [0.15, 0.2) is 0 Å². The lowest BCUT2D eigenvalue weighted by Gasteiger charge is -2.42. The Morgan fingerprint density at radius 1 is 1.45 bits per heavy atom. The third-order valence-corrected chi connectivity index (χ3v) is 5.01. The van der Waals surface area contributed by atoms with E-state index in [1.165, 1.54) is 0 Å². The zero-order valence-electron chi connectivity index (χ0n) is 11.7. The maximum absolute atomic E-state index is 12.4. The number of carbonyl (C=O) groups is 1. The summed E-state index contributed by atoms with van der Waals surface area (Å²) in [7, 11) is 0. The standard InChI is InChI=1S/C15H19BrN2O2/c1-9-7-11-13(12(16)8-9)17-14(19)15(11,20)18-6-4-3-5-10(18)2/h7-8,10,20H,3-6H2,1-2H3,(H,17,19)/t10-,15+/m1/s1. The highest BCUT2D eigenvalue weighted by atomic mass is 79.9. The van der Waals surface area contributed by atoms with Gasteiger partial charge in [-0.15, -0.1) is 0 Å². The molecule has 2 heterocycles. The number of aliphatic hydroxyl groups is 1. The summed E-state index contributed by atoms with van der Waals surface area (Å²) in [4.78, 5) is 14.4. The van der Waals surface area contributed by atoms with E-state index in [4.69, 9.17) is 0 Å². The Labute approximate surface area is 127 Å². The first-order valence-corrected chi connectivity index (χ1v) is 7.85. The molecule has 1 aromatic carbocycles. The number of benzene rings is 1. The molecule has 1 fully saturated rings. The number of amides is 1. The van der Waals surface area contributed by atoms with Crippen molar-refractivity contribution in [3.05, 3.63) is 27.7 Å². The average molecular weight is 339 g/mol. The molecule has 1 amide bonds. The molecule has 4 nitrogen and oxygen atoms in total. The summed E-state index contributed by atoms with van der Waals surface area (Å²) in [6, 6.07) is 4.05. The molecule has 0 saturated carbocycles. The van der Waals surface area contributed by atoms with Crippen LogP contribution in [-0.4, -0.2) is 28.5 Å². The fourth-order valence-corrected chi connectivity index (χ4v) is 4.00. The van der Waals surface area contributed by atoms with E-state index in [1.807, 2.05) is 24.0 Å². The largest absolute Gasteiger partial charge is 0.364 e. The molecule has 108 valence electrons. The monoisotopic (exact) mass is 338 g/mol. The average Bonchev–Trinajstić information content (AvgIpc) is 2.65. The number of rotatable bonds is 1. The zero-order valence-corrected chi connectivity index (χ0v) is 13.3. The second kappa shape index (κ2) is 4.83. The highest BCUT2D eigenvalue weighted by molar-refractivity contribution is 9.10. The third-order valence-electron chi connectivity index (χ3n) is 4.38. The van der Waals surface area contributed by atoms with Gasteiger partial charge in [-0.05, 0) is 60.3 Å². The minimum atomic E-state index is -1.54. The summed E-state index contributed by atoms with van der Waals surface area (Å²) in [5.74, 6) is -0.340. The van der Waals surface area contributed by atoms with Gasteiger partial charge >= 0.3 is 0 Å². The molecule has 3 rings (SSSR count). The van der Waals surface area contributed by atoms with E-state index in [1.54, 1.807) is 0 Å². The lowest BCUT2D eigenvalue weighted by atomic mass is 9.94. The van der Waals surface area contributed by atoms with Gasteiger partial charge in [-0.1, -0.05) is 6.42 Å². The van der Waals surface area contributed by atoms with Crippen molar-refractivity contribution in [2.75, 3.05) is 11.9 Å². The first kappa shape index (κ1) is 14.0. The number of hydrogen-bond donors (Lipinski definition) is 2. The predicted molar refractivity (Wildman–Crippen MR) is 81.4 cm³/mol. The fourth-order valence-electron chi connectivity index (χ4n) is 3.33. The molecule has 0 aliphatic carbocycles. The van der Waals surface area contributed by atoms with Crippen LogP contribution in [0.3, 0.4) is 0 Å². The van der Waals surface area contributed by atoms with Crippen molar-refractivity contribution >= 4 is 27.5 Å². The Morgan fingerprint density at radius 3 is 2.90 bits per heavy atom. The van der Waals surface area contributed by atoms with Gasteiger partial charge in [-0.3, -0.25) is 9.69 Å². The summed E-state index contributed by atoms with van der Waals surface area (Å²) >= 11 is 3.47. The van der Waals surface area contributed by atoms with Gasteiger partial charge in [0.25, 0.3) is 5.91 Å². The van der Waals surface area contributed by atoms with Crippen molar-refractivity contribution in [3.8, 4) is 0 Å². The molecule has 5 heteroatoms. The third kappa shape index (κ3) is 1.91. The van der Waals surface area contributed by atoms with Crippen LogP contribution in [0.1, 0.15) is 37.3 Å². The lowest BCUT2D eigenvalue weighted by Crippen LogP contribution is -2.56. The second-order valence-corrected chi connectivity index (χ2v) is 6.69. The van der Waals surface area contributed by atoms with E-state index in [9.17, 15) is 9.90 Å². The number of carbonyl (C=O) groups excluding carboxylic acids is 1. The van der Waals surface area contributed by atoms with Crippen LogP contribution in [0.25, 0.3) is 0 Å². The van der Waals surface area contributed by atoms with Crippen molar-refractivity contribution in [2.45, 2.75) is 44.9 Å². The number of fused-ring (bicyclic) bond motifs is 1. The van der Waals surface area contributed by atoms with Crippen LogP contribution in [0, 0.1) is 6.92 Å². The molecular weight excluding hydrogens is 320 g/mol. The molecule has 2 atom stereocenters. The van der Waals surface area contributed by atoms with Crippen molar-refractivity contribution < 1.29 is 9.90 Å². The van der Waals surface area contributed by atoms with E-state index in [-0.39, 0.29) is 11.9 Å². The maximum Gasteiger partial charge on any atom is 0.277 e. The molecule has 0 unspecified atom stereocenters. The van der Waals surface area contributed by atoms with Crippen LogP contribution in [0.5, 0.6) is 0 Å². The van der Waals surface area contributed by atoms with Crippen molar-refractivity contribution in [3.63, 3.8) is 0 Å². The SMILES string of the molecule is Cc1cc(Br)c2c(c1)[C@@](O)(N1CCCC[C@H]1C)C(=O)N2. The predicted octanol–water partition coefficient (Wildman–Crippen LogP) is 2.73. The number of piperidine rings is 1. The number of halogens is 1. The Balaban J connectivity index is 2.12. The molecular formula is C15H19BrN2O2. The van der Waals surface area contributed by atoms with Gasteiger partial charge in [-0.2, -0.15) is 0 Å². The molecule has 2 aliphatic rings. The Bertz CT molecular complexity index is 575. The number of aryl methyl sites for hydroxylation is 1. The summed E-state index contributed by atoms with van der Waals surface area (Å²) in [6.45, 7) is 4.79. The molecule has 20 heavy (non-hydrogen) atoms. The van der Waals surface area contributed by atoms with Crippen LogP contribution < -0.4 is 5.32 Å². The first-order chi connectivity index (χ1) is 9.44. The normalized spacial score (nSPS) is 30.2. The van der Waals surface area contributed by atoms with E-state index in [0.29, 0.717) is 11.3 Å². The van der Waals surface area contributed by atoms with Crippen molar-refractivity contribution in [1.82, 2.24) is 4.90 Å². The van der Waals surface area contributed by atoms with Gasteiger partial charge in [0.05, 0.1) is 5.69 Å². The van der Waals surface area contributed by atoms with E-state index in [2.05, 4.69) is 28.2 Å². The van der Waals surface area contributed by atoms with E-state index >= 15 is 0 Å². The minimum Gasteiger partial charge on any atom is -0.364 e. The van der Waals surface area contributed by atoms with E-state index < -0.39 is 5.72 Å². The Kier molecular flexibility index (Phi) is 3.39. The number of nitrogens with zero attached hydrogens (tertiary/aromatic N) is 1. The topological polar surface area (TPSA) is 52.6 Å². The van der Waals surface area contributed by atoms with Crippen LogP contribution in [0.2, 0.25) is 0 Å².